The molecule has 2 aromatic carbocycles. The van der Waals surface area contributed by atoms with E-state index in [9.17, 15) is 8.42 Å². The molecule has 0 aliphatic heterocycles. The zero-order chi connectivity index (χ0) is 22.0. The molecule has 4 N–H and O–H groups in total. The van der Waals surface area contributed by atoms with E-state index in [1.54, 1.807) is 0 Å². The monoisotopic (exact) mass is 419 g/mol. The van der Waals surface area contributed by atoms with Crippen molar-refractivity contribution in [1.29, 1.82) is 0 Å². The van der Waals surface area contributed by atoms with Gasteiger partial charge in [-0.05, 0) is 60.1 Å². The van der Waals surface area contributed by atoms with E-state index in [-0.39, 0.29) is 0 Å². The Bertz CT molecular complexity index is 869. The third kappa shape index (κ3) is 10.1. The molecule has 0 radical (unpaired) electrons. The SMILES string of the molecule is CCC(C)c1ccc(N=C(N)Nc2ccc(C(C)CC)cc2)cc1.CS(=O)(=O)O. The molecule has 2 rings (SSSR count). The topological polar surface area (TPSA) is 105 Å². The summed E-state index contributed by atoms with van der Waals surface area (Å²) < 4.78 is 25.9. The van der Waals surface area contributed by atoms with Crippen molar-refractivity contribution in [1.82, 2.24) is 0 Å². The fraction of sp³-hybridized carbons (Fsp3) is 0.409. The van der Waals surface area contributed by atoms with Crippen molar-refractivity contribution in [3.63, 3.8) is 0 Å². The maximum atomic E-state index is 9.19. The van der Waals surface area contributed by atoms with Crippen LogP contribution in [0.2, 0.25) is 0 Å². The lowest BCUT2D eigenvalue weighted by Crippen LogP contribution is -2.21. The van der Waals surface area contributed by atoms with Crippen LogP contribution in [0.1, 0.15) is 63.5 Å². The average Bonchev–Trinajstić information content (AvgIpc) is 2.66. The first kappa shape index (κ1) is 24.7. The summed E-state index contributed by atoms with van der Waals surface area (Å²) in [6.45, 7) is 8.87. The number of hydrogen-bond acceptors (Lipinski definition) is 3. The summed E-state index contributed by atoms with van der Waals surface area (Å²) in [6.07, 6.45) is 3.00. The molecule has 0 aromatic heterocycles. The lowest BCUT2D eigenvalue weighted by atomic mass is 9.99. The molecule has 2 atom stereocenters. The fourth-order valence-electron chi connectivity index (χ4n) is 2.56. The van der Waals surface area contributed by atoms with E-state index in [1.807, 2.05) is 12.1 Å². The Morgan fingerprint density at radius 3 is 1.72 bits per heavy atom. The number of nitrogens with two attached hydrogens (primary N) is 1. The molecule has 0 saturated carbocycles. The van der Waals surface area contributed by atoms with Crippen LogP contribution in [0.3, 0.4) is 0 Å². The van der Waals surface area contributed by atoms with Crippen molar-refractivity contribution < 1.29 is 13.0 Å². The molecule has 0 aliphatic rings. The predicted octanol–water partition coefficient (Wildman–Crippen LogP) is 5.28. The summed E-state index contributed by atoms with van der Waals surface area (Å²) in [6, 6.07) is 16.7. The maximum Gasteiger partial charge on any atom is 0.261 e. The zero-order valence-corrected chi connectivity index (χ0v) is 18.7. The van der Waals surface area contributed by atoms with E-state index in [2.05, 4.69) is 74.4 Å². The summed E-state index contributed by atoms with van der Waals surface area (Å²) in [5.74, 6) is 1.55. The number of anilines is 1. The highest BCUT2D eigenvalue weighted by Gasteiger charge is 2.04. The molecular weight excluding hydrogens is 386 g/mol. The van der Waals surface area contributed by atoms with Crippen LogP contribution in [0.25, 0.3) is 0 Å². The van der Waals surface area contributed by atoms with Gasteiger partial charge in [-0.3, -0.25) is 4.55 Å². The Labute approximate surface area is 175 Å². The van der Waals surface area contributed by atoms with Crippen LogP contribution in [0.5, 0.6) is 0 Å². The van der Waals surface area contributed by atoms with Crippen LogP contribution in [-0.2, 0) is 10.1 Å². The molecule has 2 unspecified atom stereocenters. The number of guanidine groups is 1. The summed E-state index contributed by atoms with van der Waals surface area (Å²) in [7, 11) is -3.67. The number of hydrogen-bond donors (Lipinski definition) is 3. The second-order valence-corrected chi connectivity index (χ2v) is 8.65. The standard InChI is InChI=1S/C21H29N3.CH4O3S/c1-5-15(3)17-7-11-19(12-8-17)23-21(22)24-20-13-9-18(10-14-20)16(4)6-2;1-5(2,3)4/h7-16H,5-6H2,1-4H3,(H3,22,23,24);1H3,(H,2,3,4). The van der Waals surface area contributed by atoms with Crippen molar-refractivity contribution >= 4 is 27.5 Å². The average molecular weight is 420 g/mol. The normalized spacial score (nSPS) is 13.8. The Hall–Kier alpha value is -2.38. The van der Waals surface area contributed by atoms with Crippen LogP contribution in [0, 0.1) is 0 Å². The summed E-state index contributed by atoms with van der Waals surface area (Å²) >= 11 is 0. The van der Waals surface area contributed by atoms with Gasteiger partial charge in [0.15, 0.2) is 5.96 Å². The Morgan fingerprint density at radius 1 is 0.966 bits per heavy atom. The van der Waals surface area contributed by atoms with E-state index in [4.69, 9.17) is 10.3 Å². The molecule has 0 amide bonds. The second kappa shape index (κ2) is 11.6. The molecule has 0 fully saturated rings. The van der Waals surface area contributed by atoms with Gasteiger partial charge in [0.05, 0.1) is 11.9 Å². The van der Waals surface area contributed by atoms with Gasteiger partial charge < -0.3 is 11.1 Å². The third-order valence-electron chi connectivity index (χ3n) is 4.69. The Balaban J connectivity index is 0.000000749. The molecule has 6 nitrogen and oxygen atoms in total. The molecule has 0 bridgehead atoms. The van der Waals surface area contributed by atoms with Gasteiger partial charge in [0.25, 0.3) is 10.1 Å². The van der Waals surface area contributed by atoms with E-state index >= 15 is 0 Å². The van der Waals surface area contributed by atoms with Gasteiger partial charge in [-0.25, -0.2) is 4.99 Å². The van der Waals surface area contributed by atoms with Gasteiger partial charge in [-0.15, -0.1) is 0 Å². The van der Waals surface area contributed by atoms with Gasteiger partial charge in [0, 0.05) is 5.69 Å². The number of aliphatic imine (C=N–C) groups is 1. The van der Waals surface area contributed by atoms with Gasteiger partial charge in [-0.2, -0.15) is 8.42 Å². The molecule has 0 heterocycles. The lowest BCUT2D eigenvalue weighted by molar-refractivity contribution is 0.490. The fourth-order valence-corrected chi connectivity index (χ4v) is 2.56. The first-order valence-electron chi connectivity index (χ1n) is 9.77. The summed E-state index contributed by atoms with van der Waals surface area (Å²) in [4.78, 5) is 4.44. The molecule has 160 valence electrons. The van der Waals surface area contributed by atoms with Crippen molar-refractivity contribution in [2.24, 2.45) is 10.7 Å². The van der Waals surface area contributed by atoms with Gasteiger partial charge >= 0.3 is 0 Å². The van der Waals surface area contributed by atoms with Crippen LogP contribution in [-0.4, -0.2) is 25.2 Å². The number of nitrogens with one attached hydrogen (secondary N) is 1. The molecule has 2 aromatic rings. The quantitative estimate of drug-likeness (QED) is 0.336. The highest BCUT2D eigenvalue weighted by molar-refractivity contribution is 7.85. The van der Waals surface area contributed by atoms with Crippen molar-refractivity contribution in [3.05, 3.63) is 59.7 Å². The third-order valence-corrected chi connectivity index (χ3v) is 4.69. The van der Waals surface area contributed by atoms with E-state index in [0.717, 1.165) is 24.2 Å². The first-order chi connectivity index (χ1) is 13.5. The second-order valence-electron chi connectivity index (χ2n) is 7.19. The number of rotatable bonds is 6. The van der Waals surface area contributed by atoms with Crippen LogP contribution in [0.4, 0.5) is 11.4 Å². The minimum absolute atomic E-state index is 0.405. The summed E-state index contributed by atoms with van der Waals surface area (Å²) in [5, 5.41) is 3.15. The largest absolute Gasteiger partial charge is 0.369 e. The lowest BCUT2D eigenvalue weighted by Gasteiger charge is -2.11. The van der Waals surface area contributed by atoms with Crippen LogP contribution in [0.15, 0.2) is 53.5 Å². The van der Waals surface area contributed by atoms with Crippen molar-refractivity contribution in [2.75, 3.05) is 11.6 Å². The van der Waals surface area contributed by atoms with Crippen molar-refractivity contribution in [2.45, 2.75) is 52.4 Å². The number of nitrogens with zero attached hydrogens (tertiary/aromatic N) is 1. The molecule has 0 spiro atoms. The molecular formula is C22H33N3O3S. The molecule has 7 heteroatoms. The Kier molecular flexibility index (Phi) is 9.85. The van der Waals surface area contributed by atoms with Gasteiger partial charge in [0.2, 0.25) is 0 Å². The minimum Gasteiger partial charge on any atom is -0.369 e. The maximum absolute atomic E-state index is 9.19. The van der Waals surface area contributed by atoms with Crippen LogP contribution >= 0.6 is 0 Å². The number of benzene rings is 2. The van der Waals surface area contributed by atoms with Crippen LogP contribution < -0.4 is 11.1 Å². The predicted molar refractivity (Wildman–Crippen MR) is 123 cm³/mol. The summed E-state index contributed by atoms with van der Waals surface area (Å²) in [5.41, 5.74) is 10.5. The molecule has 0 saturated heterocycles. The van der Waals surface area contributed by atoms with Gasteiger partial charge in [-0.1, -0.05) is 52.0 Å². The van der Waals surface area contributed by atoms with Crippen molar-refractivity contribution in [3.8, 4) is 0 Å². The zero-order valence-electron chi connectivity index (χ0n) is 17.9. The minimum atomic E-state index is -3.67. The molecule has 0 aliphatic carbocycles. The highest BCUT2D eigenvalue weighted by Crippen LogP contribution is 2.22. The van der Waals surface area contributed by atoms with E-state index in [0.29, 0.717) is 24.1 Å². The Morgan fingerprint density at radius 2 is 1.34 bits per heavy atom. The molecule has 29 heavy (non-hydrogen) atoms. The van der Waals surface area contributed by atoms with E-state index in [1.165, 1.54) is 11.1 Å². The highest BCUT2D eigenvalue weighted by atomic mass is 32.2. The van der Waals surface area contributed by atoms with Gasteiger partial charge in [0.1, 0.15) is 0 Å². The van der Waals surface area contributed by atoms with E-state index < -0.39 is 10.1 Å². The smallest absolute Gasteiger partial charge is 0.261 e. The first-order valence-corrected chi connectivity index (χ1v) is 11.6.